The Morgan fingerprint density at radius 3 is 2.45 bits per heavy atom. The Bertz CT molecular complexity index is 403. The number of nitrogens with two attached hydrogens (primary N) is 1. The van der Waals surface area contributed by atoms with Gasteiger partial charge in [-0.2, -0.15) is 0 Å². The average Bonchev–Trinajstić information content (AvgIpc) is 2.46. The van der Waals surface area contributed by atoms with E-state index < -0.39 is 0 Å². The van der Waals surface area contributed by atoms with Gasteiger partial charge in [0.2, 0.25) is 5.91 Å². The predicted octanol–water partition coefficient (Wildman–Crippen LogP) is 1.93. The molecule has 0 radical (unpaired) electrons. The van der Waals surface area contributed by atoms with Crippen molar-refractivity contribution >= 4 is 11.6 Å². The number of amides is 1. The van der Waals surface area contributed by atoms with E-state index >= 15 is 0 Å². The van der Waals surface area contributed by atoms with Crippen LogP contribution in [0, 0.1) is 0 Å². The minimum Gasteiger partial charge on any atom is -0.375 e. The Hall–Kier alpha value is -1.55. The van der Waals surface area contributed by atoms with E-state index in [-0.39, 0.29) is 11.9 Å². The van der Waals surface area contributed by atoms with Crippen LogP contribution in [0.5, 0.6) is 0 Å². The van der Waals surface area contributed by atoms with Gasteiger partial charge in [0.1, 0.15) is 0 Å². The molecule has 1 atom stereocenters. The van der Waals surface area contributed by atoms with Gasteiger partial charge in [0.15, 0.2) is 0 Å². The second kappa shape index (κ2) is 8.59. The van der Waals surface area contributed by atoms with Crippen molar-refractivity contribution in [3.63, 3.8) is 0 Å². The molecular formula is C16H27N3O. The second-order valence-corrected chi connectivity index (χ2v) is 5.14. The van der Waals surface area contributed by atoms with Crippen molar-refractivity contribution in [2.45, 2.75) is 39.2 Å². The monoisotopic (exact) mass is 277 g/mol. The van der Waals surface area contributed by atoms with Crippen LogP contribution >= 0.6 is 0 Å². The van der Waals surface area contributed by atoms with Crippen LogP contribution in [0.1, 0.15) is 32.3 Å². The Kier molecular flexibility index (Phi) is 7.09. The van der Waals surface area contributed by atoms with Gasteiger partial charge in [-0.1, -0.05) is 26.0 Å². The van der Waals surface area contributed by atoms with Crippen molar-refractivity contribution in [1.29, 1.82) is 0 Å². The fourth-order valence-electron chi connectivity index (χ4n) is 2.10. The van der Waals surface area contributed by atoms with Crippen LogP contribution < -0.4 is 16.0 Å². The summed E-state index contributed by atoms with van der Waals surface area (Å²) in [6.07, 6.45) is 2.77. The van der Waals surface area contributed by atoms with E-state index in [4.69, 9.17) is 5.73 Å². The summed E-state index contributed by atoms with van der Waals surface area (Å²) < 4.78 is 0. The SMILES string of the molecule is CCCNC(CCN(C)c1ccc(CC)cc1)C(N)=O. The van der Waals surface area contributed by atoms with Crippen LogP contribution in [0.3, 0.4) is 0 Å². The van der Waals surface area contributed by atoms with Gasteiger partial charge < -0.3 is 16.0 Å². The lowest BCUT2D eigenvalue weighted by molar-refractivity contribution is -0.120. The number of carbonyl (C=O) groups is 1. The summed E-state index contributed by atoms with van der Waals surface area (Å²) in [5, 5.41) is 3.19. The first-order valence-electron chi connectivity index (χ1n) is 7.41. The summed E-state index contributed by atoms with van der Waals surface area (Å²) in [5.74, 6) is -0.270. The molecule has 0 aliphatic heterocycles. The molecule has 1 unspecified atom stereocenters. The molecule has 1 rings (SSSR count). The van der Waals surface area contributed by atoms with Crippen LogP contribution in [0.25, 0.3) is 0 Å². The molecule has 0 aliphatic rings. The molecule has 0 bridgehead atoms. The number of nitrogens with one attached hydrogen (secondary N) is 1. The molecule has 0 aliphatic carbocycles. The fraction of sp³-hybridized carbons (Fsp3) is 0.562. The summed E-state index contributed by atoms with van der Waals surface area (Å²) in [7, 11) is 2.04. The van der Waals surface area contributed by atoms with E-state index in [1.807, 2.05) is 7.05 Å². The lowest BCUT2D eigenvalue weighted by Crippen LogP contribution is -2.43. The topological polar surface area (TPSA) is 58.4 Å². The van der Waals surface area contributed by atoms with Crippen LogP contribution in [0.15, 0.2) is 24.3 Å². The quantitative estimate of drug-likeness (QED) is 0.725. The lowest BCUT2D eigenvalue weighted by Gasteiger charge is -2.22. The molecular weight excluding hydrogens is 250 g/mol. The number of carbonyl (C=O) groups excluding carboxylic acids is 1. The van der Waals surface area contributed by atoms with Gasteiger partial charge in [0.05, 0.1) is 6.04 Å². The Morgan fingerprint density at radius 2 is 1.95 bits per heavy atom. The van der Waals surface area contributed by atoms with E-state index in [1.165, 1.54) is 11.3 Å². The van der Waals surface area contributed by atoms with Crippen molar-refractivity contribution in [3.05, 3.63) is 29.8 Å². The smallest absolute Gasteiger partial charge is 0.234 e. The Morgan fingerprint density at radius 1 is 1.30 bits per heavy atom. The maximum absolute atomic E-state index is 11.4. The molecule has 0 saturated heterocycles. The van der Waals surface area contributed by atoms with E-state index in [9.17, 15) is 4.79 Å². The number of rotatable bonds is 9. The zero-order chi connectivity index (χ0) is 15.0. The van der Waals surface area contributed by atoms with Crippen LogP contribution in [-0.2, 0) is 11.2 Å². The van der Waals surface area contributed by atoms with Crippen LogP contribution in [-0.4, -0.2) is 32.1 Å². The normalized spacial score (nSPS) is 12.2. The average molecular weight is 277 g/mol. The molecule has 0 aromatic heterocycles. The first-order valence-corrected chi connectivity index (χ1v) is 7.41. The third-order valence-electron chi connectivity index (χ3n) is 3.52. The maximum atomic E-state index is 11.4. The zero-order valence-corrected chi connectivity index (χ0v) is 12.9. The second-order valence-electron chi connectivity index (χ2n) is 5.14. The third-order valence-corrected chi connectivity index (χ3v) is 3.52. The number of primary amides is 1. The van der Waals surface area contributed by atoms with Crippen molar-refractivity contribution in [1.82, 2.24) is 5.32 Å². The van der Waals surface area contributed by atoms with Gasteiger partial charge in [-0.25, -0.2) is 0 Å². The molecule has 1 aromatic carbocycles. The van der Waals surface area contributed by atoms with Gasteiger partial charge in [-0.05, 0) is 43.5 Å². The van der Waals surface area contributed by atoms with Crippen molar-refractivity contribution in [2.75, 3.05) is 25.0 Å². The van der Waals surface area contributed by atoms with E-state index in [2.05, 4.69) is 48.3 Å². The number of aryl methyl sites for hydroxylation is 1. The van der Waals surface area contributed by atoms with Gasteiger partial charge in [0.25, 0.3) is 0 Å². The number of anilines is 1. The number of hydrogen-bond acceptors (Lipinski definition) is 3. The van der Waals surface area contributed by atoms with Crippen LogP contribution in [0.4, 0.5) is 5.69 Å². The van der Waals surface area contributed by atoms with Crippen LogP contribution in [0.2, 0.25) is 0 Å². The van der Waals surface area contributed by atoms with Gasteiger partial charge in [-0.3, -0.25) is 4.79 Å². The molecule has 0 saturated carbocycles. The fourth-order valence-corrected chi connectivity index (χ4v) is 2.10. The summed E-state index contributed by atoms with van der Waals surface area (Å²) in [6, 6.07) is 8.29. The largest absolute Gasteiger partial charge is 0.375 e. The minimum atomic E-state index is -0.270. The van der Waals surface area contributed by atoms with Crippen molar-refractivity contribution in [3.8, 4) is 0 Å². The first kappa shape index (κ1) is 16.5. The third kappa shape index (κ3) is 5.21. The Balaban J connectivity index is 2.51. The first-order chi connectivity index (χ1) is 9.58. The maximum Gasteiger partial charge on any atom is 0.234 e. The highest BCUT2D eigenvalue weighted by Gasteiger charge is 2.14. The van der Waals surface area contributed by atoms with E-state index in [0.717, 1.165) is 32.4 Å². The highest BCUT2D eigenvalue weighted by molar-refractivity contribution is 5.79. The zero-order valence-electron chi connectivity index (χ0n) is 12.9. The predicted molar refractivity (Wildman–Crippen MR) is 85.0 cm³/mol. The molecule has 112 valence electrons. The molecule has 0 spiro atoms. The minimum absolute atomic E-state index is 0.243. The summed E-state index contributed by atoms with van der Waals surface area (Å²) >= 11 is 0. The van der Waals surface area contributed by atoms with E-state index in [1.54, 1.807) is 0 Å². The van der Waals surface area contributed by atoms with Gasteiger partial charge >= 0.3 is 0 Å². The standard InChI is InChI=1S/C16H27N3O/c1-4-11-18-15(16(17)20)10-12-19(3)14-8-6-13(5-2)7-9-14/h6-9,15,18H,4-5,10-12H2,1-3H3,(H2,17,20). The number of benzene rings is 1. The molecule has 1 amide bonds. The summed E-state index contributed by atoms with van der Waals surface area (Å²) in [5.41, 5.74) is 7.92. The highest BCUT2D eigenvalue weighted by atomic mass is 16.1. The van der Waals surface area contributed by atoms with Crippen molar-refractivity contribution < 1.29 is 4.79 Å². The number of hydrogen-bond donors (Lipinski definition) is 2. The van der Waals surface area contributed by atoms with Gasteiger partial charge in [-0.15, -0.1) is 0 Å². The molecule has 4 heteroatoms. The molecule has 20 heavy (non-hydrogen) atoms. The number of nitrogens with zero attached hydrogens (tertiary/aromatic N) is 1. The summed E-state index contributed by atoms with van der Waals surface area (Å²) in [6.45, 7) is 5.85. The summed E-state index contributed by atoms with van der Waals surface area (Å²) in [4.78, 5) is 13.5. The molecule has 0 heterocycles. The highest BCUT2D eigenvalue weighted by Crippen LogP contribution is 2.14. The Labute approximate surface area is 122 Å². The molecule has 3 N–H and O–H groups in total. The lowest BCUT2D eigenvalue weighted by atomic mass is 10.1. The molecule has 0 fully saturated rings. The van der Waals surface area contributed by atoms with Gasteiger partial charge in [0, 0.05) is 19.3 Å². The van der Waals surface area contributed by atoms with E-state index in [0.29, 0.717) is 0 Å². The molecule has 4 nitrogen and oxygen atoms in total. The molecule has 1 aromatic rings. The van der Waals surface area contributed by atoms with Crippen molar-refractivity contribution in [2.24, 2.45) is 5.73 Å².